The summed E-state index contributed by atoms with van der Waals surface area (Å²) in [6, 6.07) is 19.2. The molecule has 0 saturated heterocycles. The second kappa shape index (κ2) is 16.4. The topological polar surface area (TPSA) is 17.1 Å². The van der Waals surface area contributed by atoms with Gasteiger partial charge < -0.3 is 4.57 Å². The fourth-order valence-electron chi connectivity index (χ4n) is 3.00. The van der Waals surface area contributed by atoms with Gasteiger partial charge in [0.2, 0.25) is 0 Å². The molecule has 0 spiro atoms. The molecule has 3 heteroatoms. The van der Waals surface area contributed by atoms with Crippen LogP contribution in [0.4, 0.5) is 0 Å². The Morgan fingerprint density at radius 3 is 1.26 bits per heavy atom. The standard InChI is InChI=1S/C12H11OP.3C4H9.Sn/c13-14(11-7-3-1-4-8-11)12-9-5-2-6-10-12;3*1-3-4-2;/h1-10,14H;3*1,3-4H2,2H3;. The molecular weight excluding hydrogens is 454 g/mol. The molecule has 0 aliphatic rings. The molecule has 27 heavy (non-hydrogen) atoms. The molecule has 0 aromatic heterocycles. The van der Waals surface area contributed by atoms with Gasteiger partial charge >= 0.3 is 92.4 Å². The molecule has 0 heterocycles. The number of hydrogen-bond donors (Lipinski definition) is 0. The average molecular weight is 492 g/mol. The van der Waals surface area contributed by atoms with Gasteiger partial charge in [-0.3, -0.25) is 0 Å². The predicted octanol–water partition coefficient (Wildman–Crippen LogP) is 7.08. The van der Waals surface area contributed by atoms with Crippen LogP contribution in [-0.4, -0.2) is 19.8 Å². The number of hydrogen-bond acceptors (Lipinski definition) is 1. The minimum atomic E-state index is -1.79. The molecule has 0 fully saturated rings. The van der Waals surface area contributed by atoms with E-state index in [4.69, 9.17) is 0 Å². The summed E-state index contributed by atoms with van der Waals surface area (Å²) in [5.74, 6) is 0. The summed E-state index contributed by atoms with van der Waals surface area (Å²) in [4.78, 5) is 0. The van der Waals surface area contributed by atoms with Crippen LogP contribution < -0.4 is 10.6 Å². The summed E-state index contributed by atoms with van der Waals surface area (Å²) in [6.45, 7) is 7.00. The van der Waals surface area contributed by atoms with Crippen molar-refractivity contribution in [3.8, 4) is 0 Å². The van der Waals surface area contributed by atoms with Crippen molar-refractivity contribution in [2.75, 3.05) is 0 Å². The van der Waals surface area contributed by atoms with E-state index in [1.807, 2.05) is 60.7 Å². The van der Waals surface area contributed by atoms with Crippen LogP contribution in [0.3, 0.4) is 0 Å². The molecule has 0 amide bonds. The van der Waals surface area contributed by atoms with Crippen LogP contribution in [0.5, 0.6) is 0 Å². The van der Waals surface area contributed by atoms with Crippen molar-refractivity contribution in [3.05, 3.63) is 60.7 Å². The molecule has 0 atom stereocenters. The van der Waals surface area contributed by atoms with E-state index in [1.54, 1.807) is 13.3 Å². The van der Waals surface area contributed by atoms with Crippen molar-refractivity contribution < 1.29 is 4.57 Å². The second-order valence-corrected chi connectivity index (χ2v) is 17.5. The maximum Gasteiger partial charge on any atom is 0.131 e. The van der Waals surface area contributed by atoms with Gasteiger partial charge in [-0.15, -0.1) is 0 Å². The molecule has 149 valence electrons. The van der Waals surface area contributed by atoms with Crippen molar-refractivity contribution in [1.29, 1.82) is 0 Å². The van der Waals surface area contributed by atoms with Crippen LogP contribution in [0.15, 0.2) is 60.7 Å². The van der Waals surface area contributed by atoms with Gasteiger partial charge in [-0.2, -0.15) is 0 Å². The van der Waals surface area contributed by atoms with Crippen molar-refractivity contribution in [2.45, 2.75) is 72.6 Å². The van der Waals surface area contributed by atoms with Gasteiger partial charge in [0.1, 0.15) is 7.80 Å². The van der Waals surface area contributed by atoms with Gasteiger partial charge in [-0.1, -0.05) is 60.7 Å². The van der Waals surface area contributed by atoms with E-state index in [2.05, 4.69) is 20.8 Å². The molecule has 2 aromatic rings. The largest absolute Gasteiger partial charge is 0.317 e. The van der Waals surface area contributed by atoms with E-state index in [1.165, 1.54) is 38.5 Å². The first-order valence-corrected chi connectivity index (χ1v) is 18.2. The summed E-state index contributed by atoms with van der Waals surface area (Å²) >= 11 is -0.839. The Balaban J connectivity index is 0.000000271. The quantitative estimate of drug-likeness (QED) is 0.242. The first-order chi connectivity index (χ1) is 13.2. The Hall–Kier alpha value is -0.531. The fraction of sp³-hybridized carbons (Fsp3) is 0.500. The van der Waals surface area contributed by atoms with E-state index in [-0.39, 0.29) is 0 Å². The maximum absolute atomic E-state index is 12.0. The molecule has 0 unspecified atom stereocenters. The van der Waals surface area contributed by atoms with E-state index < -0.39 is 27.6 Å². The molecule has 2 aromatic carbocycles. The summed E-state index contributed by atoms with van der Waals surface area (Å²) in [7, 11) is -1.79. The van der Waals surface area contributed by atoms with Gasteiger partial charge in [0.15, 0.2) is 0 Å². The van der Waals surface area contributed by atoms with Crippen LogP contribution in [0, 0.1) is 0 Å². The average Bonchev–Trinajstić information content (AvgIpc) is 2.74. The van der Waals surface area contributed by atoms with E-state index >= 15 is 0 Å². The van der Waals surface area contributed by atoms with Gasteiger partial charge in [0, 0.05) is 10.6 Å². The van der Waals surface area contributed by atoms with Crippen LogP contribution in [0.1, 0.15) is 59.3 Å². The predicted molar refractivity (Wildman–Crippen MR) is 126 cm³/mol. The molecule has 1 nitrogen and oxygen atoms in total. The van der Waals surface area contributed by atoms with Gasteiger partial charge in [-0.05, 0) is 0 Å². The Morgan fingerprint density at radius 2 is 0.963 bits per heavy atom. The third-order valence-electron chi connectivity index (χ3n) is 4.72. The first kappa shape index (κ1) is 24.5. The van der Waals surface area contributed by atoms with Crippen LogP contribution in [0.2, 0.25) is 13.3 Å². The van der Waals surface area contributed by atoms with Crippen molar-refractivity contribution in [1.82, 2.24) is 0 Å². The molecular formula is C24H38OPSn. The Bertz CT molecular complexity index is 540. The zero-order valence-corrected chi connectivity index (χ0v) is 21.4. The minimum absolute atomic E-state index is 0.839. The SMILES string of the molecule is CCC[CH2][Sn]([CH2]CCC)[CH2]CCC.O=[PH](c1ccccc1)c1ccccc1. The number of unbranched alkanes of at least 4 members (excludes halogenated alkanes) is 3. The number of rotatable bonds is 11. The summed E-state index contributed by atoms with van der Waals surface area (Å²) in [6.07, 6.45) is 8.85. The van der Waals surface area contributed by atoms with E-state index in [9.17, 15) is 4.57 Å². The molecule has 0 bridgehead atoms. The second-order valence-electron chi connectivity index (χ2n) is 7.12. The van der Waals surface area contributed by atoms with Crippen molar-refractivity contribution in [3.63, 3.8) is 0 Å². The van der Waals surface area contributed by atoms with Gasteiger partial charge in [-0.25, -0.2) is 0 Å². The Morgan fingerprint density at radius 1 is 0.630 bits per heavy atom. The molecule has 0 saturated carbocycles. The smallest absolute Gasteiger partial charge is 0.131 e. The zero-order chi connectivity index (χ0) is 19.7. The first-order valence-electron chi connectivity index (χ1n) is 10.7. The van der Waals surface area contributed by atoms with Crippen LogP contribution in [-0.2, 0) is 4.57 Å². The van der Waals surface area contributed by atoms with Gasteiger partial charge in [0.25, 0.3) is 0 Å². The Labute approximate surface area is 175 Å². The molecule has 2 rings (SSSR count). The maximum atomic E-state index is 12.0. The van der Waals surface area contributed by atoms with Crippen molar-refractivity contribution >= 4 is 38.2 Å². The van der Waals surface area contributed by atoms with Gasteiger partial charge in [0.05, 0.1) is 0 Å². The zero-order valence-electron chi connectivity index (χ0n) is 17.5. The summed E-state index contributed by atoms with van der Waals surface area (Å²) in [5.41, 5.74) is 0. The van der Waals surface area contributed by atoms with Crippen LogP contribution >= 0.6 is 7.80 Å². The Kier molecular flexibility index (Phi) is 14.9. The normalized spacial score (nSPS) is 10.7. The van der Waals surface area contributed by atoms with E-state index in [0.29, 0.717) is 0 Å². The third kappa shape index (κ3) is 11.2. The van der Waals surface area contributed by atoms with E-state index in [0.717, 1.165) is 10.6 Å². The minimum Gasteiger partial charge on any atom is -0.317 e. The van der Waals surface area contributed by atoms with Crippen molar-refractivity contribution in [2.24, 2.45) is 0 Å². The monoisotopic (exact) mass is 493 g/mol. The molecule has 1 radical (unpaired) electrons. The summed E-state index contributed by atoms with van der Waals surface area (Å²) < 4.78 is 17.1. The fourth-order valence-corrected chi connectivity index (χ4v) is 13.8. The molecule has 0 N–H and O–H groups in total. The summed E-state index contributed by atoms with van der Waals surface area (Å²) in [5, 5.41) is 1.84. The molecule has 0 aliphatic carbocycles. The number of benzene rings is 2. The molecule has 0 aliphatic heterocycles. The van der Waals surface area contributed by atoms with Crippen LogP contribution in [0.25, 0.3) is 0 Å². The third-order valence-corrected chi connectivity index (χ3v) is 15.5.